The summed E-state index contributed by atoms with van der Waals surface area (Å²) in [5.74, 6) is -0.588. The van der Waals surface area contributed by atoms with Gasteiger partial charge in [0.05, 0.1) is 10.9 Å². The van der Waals surface area contributed by atoms with Crippen LogP contribution in [0.15, 0.2) is 34.2 Å². The van der Waals surface area contributed by atoms with Crippen molar-refractivity contribution in [3.63, 3.8) is 0 Å². The van der Waals surface area contributed by atoms with Crippen LogP contribution in [0.3, 0.4) is 0 Å². The maximum absolute atomic E-state index is 12.9. The van der Waals surface area contributed by atoms with Crippen LogP contribution < -0.4 is 10.9 Å². The SMILES string of the molecule is C[C@@H](Sc1nc2c(c(=O)[nH]1)CCC2)C(=O)Nc1ccc(F)cc1. The molecule has 1 aliphatic carbocycles. The number of halogens is 1. The number of aromatic nitrogens is 2. The van der Waals surface area contributed by atoms with Gasteiger partial charge in [0.1, 0.15) is 5.82 Å². The van der Waals surface area contributed by atoms with Gasteiger partial charge in [0.2, 0.25) is 5.91 Å². The summed E-state index contributed by atoms with van der Waals surface area (Å²) in [6, 6.07) is 5.57. The molecule has 1 atom stereocenters. The molecular weight excluding hydrogens is 317 g/mol. The van der Waals surface area contributed by atoms with Crippen LogP contribution in [0.1, 0.15) is 24.6 Å². The van der Waals surface area contributed by atoms with E-state index in [1.165, 1.54) is 36.0 Å². The van der Waals surface area contributed by atoms with Crippen LogP contribution in [0, 0.1) is 5.82 Å². The number of nitrogens with one attached hydrogen (secondary N) is 2. The van der Waals surface area contributed by atoms with Crippen LogP contribution in [-0.2, 0) is 17.6 Å². The summed E-state index contributed by atoms with van der Waals surface area (Å²) >= 11 is 1.20. The molecular formula is C16H16FN3O2S. The van der Waals surface area contributed by atoms with Gasteiger partial charge in [-0.15, -0.1) is 0 Å². The average Bonchev–Trinajstić information content (AvgIpc) is 2.98. The third-order valence-corrected chi connectivity index (χ3v) is 4.67. The monoisotopic (exact) mass is 333 g/mol. The summed E-state index contributed by atoms with van der Waals surface area (Å²) in [4.78, 5) is 31.3. The second-order valence-corrected chi connectivity index (χ2v) is 6.74. The van der Waals surface area contributed by atoms with E-state index < -0.39 is 5.25 Å². The van der Waals surface area contributed by atoms with E-state index >= 15 is 0 Å². The van der Waals surface area contributed by atoms with Gasteiger partial charge in [-0.3, -0.25) is 9.59 Å². The van der Waals surface area contributed by atoms with E-state index in [0.717, 1.165) is 30.5 Å². The van der Waals surface area contributed by atoms with Gasteiger partial charge in [0.25, 0.3) is 5.56 Å². The number of H-pyrrole nitrogens is 1. The van der Waals surface area contributed by atoms with Crippen LogP contribution in [0.5, 0.6) is 0 Å². The Hall–Kier alpha value is -2.15. The number of aryl methyl sites for hydroxylation is 1. The Labute approximate surface area is 136 Å². The van der Waals surface area contributed by atoms with E-state index in [1.54, 1.807) is 6.92 Å². The fourth-order valence-corrected chi connectivity index (χ4v) is 3.29. The molecule has 1 amide bonds. The van der Waals surface area contributed by atoms with Crippen LogP contribution in [0.2, 0.25) is 0 Å². The number of benzene rings is 1. The fourth-order valence-electron chi connectivity index (χ4n) is 2.47. The number of aromatic amines is 1. The predicted molar refractivity (Wildman–Crippen MR) is 87.2 cm³/mol. The molecule has 1 aromatic carbocycles. The first-order valence-electron chi connectivity index (χ1n) is 7.38. The molecule has 0 radical (unpaired) electrons. The summed E-state index contributed by atoms with van der Waals surface area (Å²) in [6.07, 6.45) is 2.52. The number of thioether (sulfide) groups is 1. The zero-order valence-corrected chi connectivity index (χ0v) is 13.4. The molecule has 1 heterocycles. The number of anilines is 1. The maximum atomic E-state index is 12.9. The van der Waals surface area contributed by atoms with Crippen LogP contribution >= 0.6 is 11.8 Å². The molecule has 0 unspecified atom stereocenters. The van der Waals surface area contributed by atoms with E-state index in [0.29, 0.717) is 10.8 Å². The molecule has 1 aromatic heterocycles. The van der Waals surface area contributed by atoms with E-state index in [1.807, 2.05) is 0 Å². The first-order chi connectivity index (χ1) is 11.0. The van der Waals surface area contributed by atoms with Crippen LogP contribution in [-0.4, -0.2) is 21.1 Å². The van der Waals surface area contributed by atoms with Gasteiger partial charge in [0, 0.05) is 11.3 Å². The summed E-state index contributed by atoms with van der Waals surface area (Å²) in [6.45, 7) is 1.73. The zero-order chi connectivity index (χ0) is 16.4. The van der Waals surface area contributed by atoms with Crippen molar-refractivity contribution in [2.24, 2.45) is 0 Å². The molecule has 120 valence electrons. The fraction of sp³-hybridized carbons (Fsp3) is 0.312. The standard InChI is InChI=1S/C16H16FN3O2S/c1-9(14(21)18-11-7-5-10(17)6-8-11)23-16-19-13-4-2-3-12(13)15(22)20-16/h5-9H,2-4H2,1H3,(H,18,21)(H,19,20,22)/t9-/m1/s1. The number of carbonyl (C=O) groups excluding carboxylic acids is 1. The van der Waals surface area contributed by atoms with Crippen molar-refractivity contribution < 1.29 is 9.18 Å². The smallest absolute Gasteiger partial charge is 0.254 e. The van der Waals surface area contributed by atoms with Gasteiger partial charge in [-0.2, -0.15) is 0 Å². The lowest BCUT2D eigenvalue weighted by atomic mass is 10.3. The van der Waals surface area contributed by atoms with Gasteiger partial charge in [-0.05, 0) is 50.5 Å². The minimum absolute atomic E-state index is 0.110. The molecule has 0 saturated carbocycles. The second-order valence-electron chi connectivity index (χ2n) is 5.41. The molecule has 2 aromatic rings. The average molecular weight is 333 g/mol. The number of rotatable bonds is 4. The third kappa shape index (κ3) is 3.61. The zero-order valence-electron chi connectivity index (χ0n) is 12.6. The first-order valence-corrected chi connectivity index (χ1v) is 8.26. The molecule has 3 rings (SSSR count). The minimum atomic E-state index is -0.442. The topological polar surface area (TPSA) is 74.8 Å². The summed E-state index contributed by atoms with van der Waals surface area (Å²) in [5, 5.41) is 2.72. The molecule has 23 heavy (non-hydrogen) atoms. The Morgan fingerprint density at radius 3 is 2.83 bits per heavy atom. The molecule has 7 heteroatoms. The molecule has 0 bridgehead atoms. The van der Waals surface area contributed by atoms with Crippen LogP contribution in [0.4, 0.5) is 10.1 Å². The van der Waals surface area contributed by atoms with E-state index in [-0.39, 0.29) is 17.3 Å². The Kier molecular flexibility index (Phi) is 4.47. The Morgan fingerprint density at radius 1 is 1.35 bits per heavy atom. The lowest BCUT2D eigenvalue weighted by Gasteiger charge is -2.12. The van der Waals surface area contributed by atoms with Crippen molar-refractivity contribution in [1.82, 2.24) is 9.97 Å². The van der Waals surface area contributed by atoms with Crippen molar-refractivity contribution in [3.8, 4) is 0 Å². The van der Waals surface area contributed by atoms with E-state index in [2.05, 4.69) is 15.3 Å². The summed E-state index contributed by atoms with van der Waals surface area (Å²) in [5.41, 5.74) is 2.01. The van der Waals surface area contributed by atoms with Gasteiger partial charge in [-0.25, -0.2) is 9.37 Å². The van der Waals surface area contributed by atoms with E-state index in [9.17, 15) is 14.0 Å². The lowest BCUT2D eigenvalue weighted by Crippen LogP contribution is -2.23. The lowest BCUT2D eigenvalue weighted by molar-refractivity contribution is -0.115. The molecule has 1 aliphatic rings. The molecule has 5 nitrogen and oxygen atoms in total. The van der Waals surface area contributed by atoms with Gasteiger partial charge < -0.3 is 10.3 Å². The van der Waals surface area contributed by atoms with Crippen molar-refractivity contribution >= 4 is 23.4 Å². The number of fused-ring (bicyclic) bond motifs is 1. The molecule has 2 N–H and O–H groups in total. The van der Waals surface area contributed by atoms with Crippen molar-refractivity contribution in [2.45, 2.75) is 36.6 Å². The molecule has 0 aliphatic heterocycles. The normalized spacial score (nSPS) is 14.3. The number of amides is 1. The summed E-state index contributed by atoms with van der Waals surface area (Å²) < 4.78 is 12.9. The highest BCUT2D eigenvalue weighted by Gasteiger charge is 2.20. The van der Waals surface area contributed by atoms with Gasteiger partial charge in [0.15, 0.2) is 5.16 Å². The molecule has 0 saturated heterocycles. The number of nitrogens with zero attached hydrogens (tertiary/aromatic N) is 1. The van der Waals surface area contributed by atoms with Crippen molar-refractivity contribution in [2.75, 3.05) is 5.32 Å². The minimum Gasteiger partial charge on any atom is -0.325 e. The Bertz CT molecular complexity index is 789. The highest BCUT2D eigenvalue weighted by Crippen LogP contribution is 2.23. The quantitative estimate of drug-likeness (QED) is 0.666. The second kappa shape index (κ2) is 6.54. The first kappa shape index (κ1) is 15.7. The Balaban J connectivity index is 1.68. The van der Waals surface area contributed by atoms with Crippen molar-refractivity contribution in [1.29, 1.82) is 0 Å². The maximum Gasteiger partial charge on any atom is 0.254 e. The number of hydrogen-bond acceptors (Lipinski definition) is 4. The Morgan fingerprint density at radius 2 is 2.09 bits per heavy atom. The van der Waals surface area contributed by atoms with Crippen molar-refractivity contribution in [3.05, 3.63) is 51.7 Å². The third-order valence-electron chi connectivity index (χ3n) is 3.69. The largest absolute Gasteiger partial charge is 0.325 e. The summed E-state index contributed by atoms with van der Waals surface area (Å²) in [7, 11) is 0. The van der Waals surface area contributed by atoms with E-state index in [4.69, 9.17) is 0 Å². The van der Waals surface area contributed by atoms with Gasteiger partial charge >= 0.3 is 0 Å². The predicted octanol–water partition coefficient (Wildman–Crippen LogP) is 2.52. The number of carbonyl (C=O) groups is 1. The van der Waals surface area contributed by atoms with Gasteiger partial charge in [-0.1, -0.05) is 11.8 Å². The number of hydrogen-bond donors (Lipinski definition) is 2. The molecule has 0 fully saturated rings. The molecule has 0 spiro atoms. The highest BCUT2D eigenvalue weighted by atomic mass is 32.2. The highest BCUT2D eigenvalue weighted by molar-refractivity contribution is 8.00. The van der Waals surface area contributed by atoms with Crippen LogP contribution in [0.25, 0.3) is 0 Å².